The summed E-state index contributed by atoms with van der Waals surface area (Å²) in [6.45, 7) is 3.56. The molecule has 1 aromatic rings. The van der Waals surface area contributed by atoms with Crippen LogP contribution in [0.1, 0.15) is 51.0 Å². The number of ether oxygens (including phenoxy) is 1. The predicted octanol–water partition coefficient (Wildman–Crippen LogP) is 3.20. The first-order chi connectivity index (χ1) is 12.3. The van der Waals surface area contributed by atoms with Crippen molar-refractivity contribution in [3.05, 3.63) is 29.8 Å². The van der Waals surface area contributed by atoms with Crippen LogP contribution in [0.4, 0.5) is 5.69 Å². The van der Waals surface area contributed by atoms with E-state index in [2.05, 4.69) is 5.32 Å². The second kappa shape index (κ2) is 6.08. The first-order valence-corrected chi connectivity index (χ1v) is 9.58. The van der Waals surface area contributed by atoms with Gasteiger partial charge in [-0.05, 0) is 81.9 Å². The lowest BCUT2D eigenvalue weighted by Gasteiger charge is -2.58. The van der Waals surface area contributed by atoms with Crippen molar-refractivity contribution in [2.45, 2.75) is 64.1 Å². The molecule has 2 N–H and O–H groups in total. The lowest BCUT2D eigenvalue weighted by atomic mass is 9.48. The average Bonchev–Trinajstić information content (AvgIpc) is 2.52. The number of esters is 1. The molecule has 0 aliphatic heterocycles. The standard InChI is InChI=1S/C21H27NO4/c1-13-4-3-5-17(6-13)22-18(23)14(2)26-19(24)20-8-15-7-16(9-20)11-21(25,10-15)12-20/h3-6,14-16,25H,7-12H2,1-2H3,(H,22,23)/t14-,15-,16+,20?,21?/m0/s1. The third-order valence-electron chi connectivity index (χ3n) is 6.40. The number of amides is 1. The minimum Gasteiger partial charge on any atom is -0.452 e. The fraction of sp³-hybridized carbons (Fsp3) is 0.619. The Kier molecular flexibility index (Phi) is 4.10. The number of nitrogens with one attached hydrogen (secondary N) is 1. The molecule has 0 spiro atoms. The minimum atomic E-state index is -0.856. The normalized spacial score (nSPS) is 35.8. The Morgan fingerprint density at radius 1 is 1.23 bits per heavy atom. The molecule has 5 heteroatoms. The highest BCUT2D eigenvalue weighted by Crippen LogP contribution is 2.62. The largest absolute Gasteiger partial charge is 0.452 e. The molecule has 1 aromatic carbocycles. The number of hydrogen-bond acceptors (Lipinski definition) is 4. The second-order valence-electron chi connectivity index (χ2n) is 8.87. The summed E-state index contributed by atoms with van der Waals surface area (Å²) in [5.74, 6) is 0.180. The molecule has 4 saturated carbocycles. The molecule has 0 radical (unpaired) electrons. The number of rotatable bonds is 4. The van der Waals surface area contributed by atoms with Gasteiger partial charge in [0.2, 0.25) is 0 Å². The number of anilines is 1. The Morgan fingerprint density at radius 3 is 2.54 bits per heavy atom. The molecule has 4 aliphatic carbocycles. The van der Waals surface area contributed by atoms with Gasteiger partial charge in [-0.15, -0.1) is 0 Å². The summed E-state index contributed by atoms with van der Waals surface area (Å²) in [6.07, 6.45) is 3.93. The zero-order valence-electron chi connectivity index (χ0n) is 15.5. The number of aliphatic hydroxyl groups is 1. The van der Waals surface area contributed by atoms with Gasteiger partial charge in [0, 0.05) is 5.69 Å². The summed E-state index contributed by atoms with van der Waals surface area (Å²) < 4.78 is 5.58. The zero-order chi connectivity index (χ0) is 18.5. The number of carbonyl (C=O) groups is 2. The number of aryl methyl sites for hydroxylation is 1. The summed E-state index contributed by atoms with van der Waals surface area (Å²) in [4.78, 5) is 25.4. The van der Waals surface area contributed by atoms with Crippen LogP contribution >= 0.6 is 0 Å². The predicted molar refractivity (Wildman–Crippen MR) is 97.4 cm³/mol. The molecule has 5 nitrogen and oxygen atoms in total. The molecule has 4 bridgehead atoms. The van der Waals surface area contributed by atoms with Gasteiger partial charge in [0.25, 0.3) is 5.91 Å². The first kappa shape index (κ1) is 17.5. The van der Waals surface area contributed by atoms with Crippen LogP contribution in [-0.2, 0) is 14.3 Å². The van der Waals surface area contributed by atoms with Gasteiger partial charge >= 0.3 is 5.97 Å². The fourth-order valence-electron chi connectivity index (χ4n) is 5.76. The molecule has 0 aromatic heterocycles. The minimum absolute atomic E-state index is 0.308. The van der Waals surface area contributed by atoms with E-state index in [1.807, 2.05) is 31.2 Å². The van der Waals surface area contributed by atoms with Crippen LogP contribution in [0.5, 0.6) is 0 Å². The molecule has 26 heavy (non-hydrogen) atoms. The molecule has 0 heterocycles. The van der Waals surface area contributed by atoms with E-state index in [0.717, 1.165) is 37.7 Å². The van der Waals surface area contributed by atoms with Crippen molar-refractivity contribution in [1.29, 1.82) is 0 Å². The SMILES string of the molecule is Cc1cccc(NC(=O)[C@H](C)OC(=O)C23C[C@@H]4C[C@@H](CC(O)(C4)C2)C3)c1. The monoisotopic (exact) mass is 357 g/mol. The number of carbonyl (C=O) groups excluding carboxylic acids is 2. The van der Waals surface area contributed by atoms with Crippen molar-refractivity contribution < 1.29 is 19.4 Å². The Hall–Kier alpha value is -1.88. The third kappa shape index (κ3) is 3.13. The van der Waals surface area contributed by atoms with Crippen LogP contribution in [0.15, 0.2) is 24.3 Å². The quantitative estimate of drug-likeness (QED) is 0.812. The molecule has 5 atom stereocenters. The van der Waals surface area contributed by atoms with Gasteiger partial charge in [0.15, 0.2) is 6.10 Å². The van der Waals surface area contributed by atoms with Crippen LogP contribution in [0.25, 0.3) is 0 Å². The van der Waals surface area contributed by atoms with E-state index in [0.29, 0.717) is 23.9 Å². The molecule has 4 fully saturated rings. The number of hydrogen-bond donors (Lipinski definition) is 2. The van der Waals surface area contributed by atoms with Crippen molar-refractivity contribution in [1.82, 2.24) is 0 Å². The molecule has 140 valence electrons. The van der Waals surface area contributed by atoms with Crippen molar-refractivity contribution in [3.8, 4) is 0 Å². The highest BCUT2D eigenvalue weighted by molar-refractivity contribution is 5.95. The van der Waals surface area contributed by atoms with Gasteiger partial charge in [-0.3, -0.25) is 9.59 Å². The summed E-state index contributed by atoms with van der Waals surface area (Å²) in [7, 11) is 0. The van der Waals surface area contributed by atoms with Gasteiger partial charge < -0.3 is 15.2 Å². The molecule has 2 unspecified atom stereocenters. The van der Waals surface area contributed by atoms with Gasteiger partial charge in [-0.2, -0.15) is 0 Å². The van der Waals surface area contributed by atoms with Gasteiger partial charge in [-0.25, -0.2) is 0 Å². The van der Waals surface area contributed by atoms with E-state index in [1.54, 1.807) is 6.92 Å². The van der Waals surface area contributed by atoms with Crippen molar-refractivity contribution in [2.24, 2.45) is 17.3 Å². The molecular formula is C21H27NO4. The maximum atomic E-state index is 12.9. The Labute approximate surface area is 154 Å². The van der Waals surface area contributed by atoms with E-state index in [4.69, 9.17) is 4.74 Å². The molecule has 5 rings (SSSR count). The Morgan fingerprint density at radius 2 is 1.92 bits per heavy atom. The Bertz CT molecular complexity index is 729. The fourth-order valence-corrected chi connectivity index (χ4v) is 5.76. The van der Waals surface area contributed by atoms with Crippen LogP contribution < -0.4 is 5.32 Å². The summed E-state index contributed by atoms with van der Waals surface area (Å²) >= 11 is 0. The summed E-state index contributed by atoms with van der Waals surface area (Å²) in [5.41, 5.74) is 0.434. The Balaban J connectivity index is 1.42. The lowest BCUT2D eigenvalue weighted by Crippen LogP contribution is -2.59. The highest BCUT2D eigenvalue weighted by Gasteiger charge is 2.61. The van der Waals surface area contributed by atoms with Crippen molar-refractivity contribution in [3.63, 3.8) is 0 Å². The van der Waals surface area contributed by atoms with Gasteiger partial charge in [-0.1, -0.05) is 12.1 Å². The van der Waals surface area contributed by atoms with Gasteiger partial charge in [0.1, 0.15) is 0 Å². The van der Waals surface area contributed by atoms with E-state index in [-0.39, 0.29) is 11.9 Å². The van der Waals surface area contributed by atoms with E-state index in [1.165, 1.54) is 0 Å². The van der Waals surface area contributed by atoms with E-state index < -0.39 is 17.1 Å². The van der Waals surface area contributed by atoms with Crippen LogP contribution in [0, 0.1) is 24.2 Å². The van der Waals surface area contributed by atoms with E-state index in [9.17, 15) is 14.7 Å². The molecule has 1 amide bonds. The van der Waals surface area contributed by atoms with Crippen LogP contribution in [-0.4, -0.2) is 28.7 Å². The second-order valence-corrected chi connectivity index (χ2v) is 8.87. The number of benzene rings is 1. The molecule has 0 saturated heterocycles. The van der Waals surface area contributed by atoms with Gasteiger partial charge in [0.05, 0.1) is 11.0 Å². The topological polar surface area (TPSA) is 75.6 Å². The molecular weight excluding hydrogens is 330 g/mol. The zero-order valence-corrected chi connectivity index (χ0v) is 15.5. The highest BCUT2D eigenvalue weighted by atomic mass is 16.5. The maximum Gasteiger partial charge on any atom is 0.312 e. The maximum absolute atomic E-state index is 12.9. The van der Waals surface area contributed by atoms with E-state index >= 15 is 0 Å². The third-order valence-corrected chi connectivity index (χ3v) is 6.40. The van der Waals surface area contributed by atoms with Crippen LogP contribution in [0.3, 0.4) is 0 Å². The smallest absolute Gasteiger partial charge is 0.312 e. The average molecular weight is 357 g/mol. The molecule has 4 aliphatic rings. The summed E-state index contributed by atoms with van der Waals surface area (Å²) in [6, 6.07) is 7.52. The van der Waals surface area contributed by atoms with Crippen LogP contribution in [0.2, 0.25) is 0 Å². The first-order valence-electron chi connectivity index (χ1n) is 9.58. The van der Waals surface area contributed by atoms with Crippen molar-refractivity contribution in [2.75, 3.05) is 5.32 Å². The van der Waals surface area contributed by atoms with Crippen molar-refractivity contribution >= 4 is 17.6 Å². The lowest BCUT2D eigenvalue weighted by molar-refractivity contribution is -0.199. The summed E-state index contributed by atoms with van der Waals surface area (Å²) in [5, 5.41) is 13.6.